The number of ether oxygens (including phenoxy) is 1. The molecule has 0 saturated carbocycles. The summed E-state index contributed by atoms with van der Waals surface area (Å²) >= 11 is 0. The number of hydrogen-bond donors (Lipinski definition) is 2. The Hall–Kier alpha value is -3.23. The van der Waals surface area contributed by atoms with Gasteiger partial charge in [0.15, 0.2) is 5.82 Å². The number of aryl methyl sites for hydroxylation is 1. The minimum absolute atomic E-state index is 0.154. The summed E-state index contributed by atoms with van der Waals surface area (Å²) in [6, 6.07) is 7.46. The van der Waals surface area contributed by atoms with Crippen LogP contribution in [0.1, 0.15) is 34.3 Å². The maximum Gasteiger partial charge on any atom is 0.272 e. The number of amides is 1. The number of benzene rings is 1. The lowest BCUT2D eigenvalue weighted by atomic mass is 10.3. The lowest BCUT2D eigenvalue weighted by Crippen LogP contribution is -2.25. The fraction of sp³-hybridized carbons (Fsp3) is 0.294. The molecule has 0 atom stereocenters. The first kappa shape index (κ1) is 16.2. The zero-order valence-corrected chi connectivity index (χ0v) is 13.9. The Morgan fingerprint density at radius 3 is 3.15 bits per heavy atom. The van der Waals surface area contributed by atoms with Gasteiger partial charge in [0, 0.05) is 19.0 Å². The molecule has 3 heterocycles. The molecule has 3 aromatic rings. The first-order valence-corrected chi connectivity index (χ1v) is 8.31. The van der Waals surface area contributed by atoms with Crippen LogP contribution in [0.25, 0.3) is 0 Å². The largest absolute Gasteiger partial charge is 0.487 e. The molecule has 0 saturated heterocycles. The molecular weight excluding hydrogens is 339 g/mol. The fourth-order valence-corrected chi connectivity index (χ4v) is 2.86. The van der Waals surface area contributed by atoms with Crippen LogP contribution in [0.2, 0.25) is 0 Å². The van der Waals surface area contributed by atoms with Gasteiger partial charge in [-0.15, -0.1) is 10.2 Å². The summed E-state index contributed by atoms with van der Waals surface area (Å²) in [5, 5.41) is 17.7. The molecule has 0 fully saturated rings. The van der Waals surface area contributed by atoms with Gasteiger partial charge in [0.25, 0.3) is 5.91 Å². The van der Waals surface area contributed by atoms with Crippen LogP contribution in [0.15, 0.2) is 30.3 Å². The zero-order valence-electron chi connectivity index (χ0n) is 13.9. The molecule has 0 spiro atoms. The molecule has 9 heteroatoms. The lowest BCUT2D eigenvalue weighted by molar-refractivity contribution is 0.0944. The van der Waals surface area contributed by atoms with Crippen molar-refractivity contribution in [3.05, 3.63) is 59.2 Å². The number of fused-ring (bicyclic) bond motifs is 1. The van der Waals surface area contributed by atoms with E-state index in [0.717, 1.165) is 31.0 Å². The molecule has 1 aliphatic rings. The van der Waals surface area contributed by atoms with Crippen LogP contribution in [0.5, 0.6) is 5.75 Å². The molecule has 0 bridgehead atoms. The van der Waals surface area contributed by atoms with Crippen molar-refractivity contribution < 1.29 is 13.9 Å². The lowest BCUT2D eigenvalue weighted by Gasteiger charge is -2.04. The number of nitrogens with one attached hydrogen (secondary N) is 2. The Morgan fingerprint density at radius 2 is 2.27 bits per heavy atom. The molecule has 4 rings (SSSR count). The normalized spacial score (nSPS) is 12.8. The van der Waals surface area contributed by atoms with Crippen molar-refractivity contribution in [1.29, 1.82) is 0 Å². The molecule has 0 aliphatic carbocycles. The molecule has 134 valence electrons. The summed E-state index contributed by atoms with van der Waals surface area (Å²) in [6.07, 6.45) is 1.98. The maximum absolute atomic E-state index is 13.1. The second-order valence-corrected chi connectivity index (χ2v) is 5.99. The third kappa shape index (κ3) is 3.41. The van der Waals surface area contributed by atoms with Crippen LogP contribution in [0.4, 0.5) is 4.39 Å². The number of H-pyrrole nitrogens is 1. The molecule has 2 aromatic heterocycles. The van der Waals surface area contributed by atoms with Crippen LogP contribution in [0.3, 0.4) is 0 Å². The van der Waals surface area contributed by atoms with Crippen LogP contribution >= 0.6 is 0 Å². The number of hydrogen-bond acceptors (Lipinski definition) is 5. The first-order chi connectivity index (χ1) is 12.7. The van der Waals surface area contributed by atoms with Gasteiger partial charge >= 0.3 is 0 Å². The first-order valence-electron chi connectivity index (χ1n) is 8.31. The summed E-state index contributed by atoms with van der Waals surface area (Å²) in [7, 11) is 0. The summed E-state index contributed by atoms with van der Waals surface area (Å²) in [5.74, 6) is 1.44. The van der Waals surface area contributed by atoms with Crippen molar-refractivity contribution in [3.8, 4) is 5.75 Å². The van der Waals surface area contributed by atoms with Crippen molar-refractivity contribution in [2.75, 3.05) is 0 Å². The number of carbonyl (C=O) groups is 1. The topological polar surface area (TPSA) is 97.7 Å². The van der Waals surface area contributed by atoms with E-state index in [1.165, 1.54) is 12.1 Å². The van der Waals surface area contributed by atoms with Crippen LogP contribution in [0, 0.1) is 5.82 Å². The highest BCUT2D eigenvalue weighted by Gasteiger charge is 2.18. The number of carbonyl (C=O) groups excluding carboxylic acids is 1. The van der Waals surface area contributed by atoms with Gasteiger partial charge in [0.05, 0.1) is 12.2 Å². The number of aromatic amines is 1. The summed E-state index contributed by atoms with van der Waals surface area (Å²) < 4.78 is 20.6. The quantitative estimate of drug-likeness (QED) is 0.699. The van der Waals surface area contributed by atoms with Crippen molar-refractivity contribution in [1.82, 2.24) is 30.3 Å². The number of halogens is 1. The van der Waals surface area contributed by atoms with Gasteiger partial charge in [0.2, 0.25) is 0 Å². The van der Waals surface area contributed by atoms with Crippen molar-refractivity contribution >= 4 is 5.91 Å². The monoisotopic (exact) mass is 356 g/mol. The summed E-state index contributed by atoms with van der Waals surface area (Å²) in [6.45, 7) is 1.34. The Kier molecular flexibility index (Phi) is 4.34. The van der Waals surface area contributed by atoms with Gasteiger partial charge in [-0.1, -0.05) is 6.07 Å². The van der Waals surface area contributed by atoms with Gasteiger partial charge in [-0.25, -0.2) is 4.39 Å². The highest BCUT2D eigenvalue weighted by atomic mass is 19.1. The number of rotatable bonds is 6. The van der Waals surface area contributed by atoms with E-state index >= 15 is 0 Å². The van der Waals surface area contributed by atoms with E-state index in [1.807, 2.05) is 4.57 Å². The highest BCUT2D eigenvalue weighted by molar-refractivity contribution is 5.92. The Labute approximate surface area is 148 Å². The molecule has 1 amide bonds. The molecule has 2 N–H and O–H groups in total. The molecule has 0 unspecified atom stereocenters. The van der Waals surface area contributed by atoms with Crippen LogP contribution in [-0.4, -0.2) is 30.9 Å². The van der Waals surface area contributed by atoms with E-state index in [9.17, 15) is 9.18 Å². The molecule has 8 nitrogen and oxygen atoms in total. The Bertz CT molecular complexity index is 935. The fourth-order valence-electron chi connectivity index (χ4n) is 2.86. The predicted molar refractivity (Wildman–Crippen MR) is 88.8 cm³/mol. The zero-order chi connectivity index (χ0) is 17.9. The van der Waals surface area contributed by atoms with Gasteiger partial charge in [-0.05, 0) is 24.6 Å². The predicted octanol–water partition coefficient (Wildman–Crippen LogP) is 1.60. The SMILES string of the molecule is O=C(NCc1nnc2n1CCC2)c1cc(COc2cccc(F)c2)[nH]n1. The smallest absolute Gasteiger partial charge is 0.272 e. The van der Waals surface area contributed by atoms with E-state index in [2.05, 4.69) is 25.7 Å². The van der Waals surface area contributed by atoms with Crippen molar-refractivity contribution in [3.63, 3.8) is 0 Å². The summed E-state index contributed by atoms with van der Waals surface area (Å²) in [4.78, 5) is 12.2. The Morgan fingerprint density at radius 1 is 1.35 bits per heavy atom. The molecular formula is C17H17FN6O2. The third-order valence-electron chi connectivity index (χ3n) is 4.15. The van der Waals surface area contributed by atoms with Crippen LogP contribution in [-0.2, 0) is 26.1 Å². The van der Waals surface area contributed by atoms with Gasteiger partial charge in [-0.3, -0.25) is 9.89 Å². The second kappa shape index (κ2) is 6.95. The second-order valence-electron chi connectivity index (χ2n) is 5.99. The standard InChI is InChI=1S/C17H17FN6O2/c18-11-3-1-4-13(7-11)26-10-12-8-14(21-20-12)17(25)19-9-16-23-22-15-5-2-6-24(15)16/h1,3-4,7-8H,2,5-6,9-10H2,(H,19,25)(H,20,21). The molecule has 26 heavy (non-hydrogen) atoms. The molecule has 1 aliphatic heterocycles. The number of aromatic nitrogens is 5. The Balaban J connectivity index is 1.32. The minimum atomic E-state index is -0.368. The van der Waals surface area contributed by atoms with E-state index < -0.39 is 0 Å². The average molecular weight is 356 g/mol. The van der Waals surface area contributed by atoms with Crippen LogP contribution < -0.4 is 10.1 Å². The van der Waals surface area contributed by atoms with Crippen molar-refractivity contribution in [2.45, 2.75) is 32.5 Å². The van der Waals surface area contributed by atoms with Crippen molar-refractivity contribution in [2.24, 2.45) is 0 Å². The average Bonchev–Trinajstić information content (AvgIpc) is 3.35. The molecule has 0 radical (unpaired) electrons. The third-order valence-corrected chi connectivity index (χ3v) is 4.15. The van der Waals surface area contributed by atoms with Gasteiger partial charge in [-0.2, -0.15) is 5.10 Å². The van der Waals surface area contributed by atoms with E-state index in [4.69, 9.17) is 4.74 Å². The summed E-state index contributed by atoms with van der Waals surface area (Å²) in [5.41, 5.74) is 0.867. The van der Waals surface area contributed by atoms with E-state index in [-0.39, 0.29) is 24.0 Å². The molecule has 1 aromatic carbocycles. The van der Waals surface area contributed by atoms with Gasteiger partial charge in [0.1, 0.15) is 29.7 Å². The number of nitrogens with zero attached hydrogens (tertiary/aromatic N) is 4. The minimum Gasteiger partial charge on any atom is -0.487 e. The van der Waals surface area contributed by atoms with Gasteiger partial charge < -0.3 is 14.6 Å². The van der Waals surface area contributed by atoms with E-state index in [1.54, 1.807) is 18.2 Å². The van der Waals surface area contributed by atoms with E-state index in [0.29, 0.717) is 18.0 Å². The maximum atomic E-state index is 13.1. The highest BCUT2D eigenvalue weighted by Crippen LogP contribution is 2.15.